The number of hydrogen-bond acceptors (Lipinski definition) is 4. The predicted octanol–water partition coefficient (Wildman–Crippen LogP) is 3.57. The summed E-state index contributed by atoms with van der Waals surface area (Å²) in [5.41, 5.74) is 0.726. The molecule has 0 saturated heterocycles. The molecule has 0 aliphatic heterocycles. The van der Waals surface area contributed by atoms with E-state index in [2.05, 4.69) is 10.1 Å². The van der Waals surface area contributed by atoms with E-state index in [9.17, 15) is 9.50 Å². The van der Waals surface area contributed by atoms with Crippen molar-refractivity contribution in [2.45, 2.75) is 39.2 Å². The highest BCUT2D eigenvalue weighted by atomic mass is 35.5. The lowest BCUT2D eigenvalue weighted by Gasteiger charge is -2.19. The molecule has 2 atom stereocenters. The zero-order valence-corrected chi connectivity index (χ0v) is 12.9. The molecule has 0 bridgehead atoms. The summed E-state index contributed by atoms with van der Waals surface area (Å²) >= 11 is 5.98. The Bertz CT molecular complexity index is 605. The van der Waals surface area contributed by atoms with Crippen molar-refractivity contribution < 1.29 is 14.0 Å². The average molecular weight is 313 g/mol. The normalized spacial score (nSPS) is 14.4. The van der Waals surface area contributed by atoms with E-state index in [1.165, 1.54) is 12.1 Å². The van der Waals surface area contributed by atoms with E-state index >= 15 is 0 Å². The first-order chi connectivity index (χ1) is 9.88. The van der Waals surface area contributed by atoms with Gasteiger partial charge < -0.3 is 9.63 Å². The summed E-state index contributed by atoms with van der Waals surface area (Å²) in [6, 6.07) is 4.20. The molecular formula is C15H18ClFN2O2. The van der Waals surface area contributed by atoms with Crippen LogP contribution in [0.15, 0.2) is 22.7 Å². The molecule has 1 aromatic heterocycles. The summed E-state index contributed by atoms with van der Waals surface area (Å²) in [7, 11) is 0. The maximum Gasteiger partial charge on any atom is 0.232 e. The van der Waals surface area contributed by atoms with Crippen molar-refractivity contribution in [2.75, 3.05) is 0 Å². The third-order valence-corrected chi connectivity index (χ3v) is 3.72. The highest BCUT2D eigenvalue weighted by Gasteiger charge is 2.27. The van der Waals surface area contributed by atoms with Gasteiger partial charge in [-0.15, -0.1) is 0 Å². The van der Waals surface area contributed by atoms with Crippen molar-refractivity contribution in [2.24, 2.45) is 5.92 Å². The zero-order valence-electron chi connectivity index (χ0n) is 12.2. The SMILES string of the molecule is CC(C)C(c1nc(Cc2ccc(F)cc2Cl)no1)C(C)O. The van der Waals surface area contributed by atoms with Crippen LogP contribution in [-0.4, -0.2) is 21.4 Å². The van der Waals surface area contributed by atoms with Crippen LogP contribution in [0.2, 0.25) is 5.02 Å². The van der Waals surface area contributed by atoms with Crippen molar-refractivity contribution in [1.29, 1.82) is 0 Å². The molecule has 2 unspecified atom stereocenters. The first kappa shape index (κ1) is 15.9. The molecule has 1 aromatic carbocycles. The maximum atomic E-state index is 13.0. The highest BCUT2D eigenvalue weighted by Crippen LogP contribution is 2.27. The molecule has 0 aliphatic carbocycles. The molecule has 0 radical (unpaired) electrons. The zero-order chi connectivity index (χ0) is 15.6. The number of benzene rings is 1. The van der Waals surface area contributed by atoms with Crippen LogP contribution in [0.4, 0.5) is 4.39 Å². The number of halogens is 2. The monoisotopic (exact) mass is 312 g/mol. The molecule has 1 N–H and O–H groups in total. The number of nitrogens with zero attached hydrogens (tertiary/aromatic N) is 2. The lowest BCUT2D eigenvalue weighted by Crippen LogP contribution is -2.20. The second-order valence-corrected chi connectivity index (χ2v) is 5.88. The minimum absolute atomic E-state index is 0.174. The van der Waals surface area contributed by atoms with Gasteiger partial charge >= 0.3 is 0 Å². The molecule has 0 aliphatic rings. The molecule has 2 aromatic rings. The molecule has 2 rings (SSSR count). The van der Waals surface area contributed by atoms with Gasteiger partial charge in [0.1, 0.15) is 5.82 Å². The van der Waals surface area contributed by atoms with E-state index in [1.807, 2.05) is 13.8 Å². The van der Waals surface area contributed by atoms with E-state index in [0.29, 0.717) is 23.2 Å². The third-order valence-electron chi connectivity index (χ3n) is 3.37. The van der Waals surface area contributed by atoms with Crippen LogP contribution in [0.25, 0.3) is 0 Å². The first-order valence-corrected chi connectivity index (χ1v) is 7.20. The number of aromatic nitrogens is 2. The summed E-state index contributed by atoms with van der Waals surface area (Å²) in [5, 5.41) is 14.1. The Balaban J connectivity index is 2.20. The molecule has 4 nitrogen and oxygen atoms in total. The van der Waals surface area contributed by atoms with Crippen LogP contribution in [0, 0.1) is 11.7 Å². The summed E-state index contributed by atoms with van der Waals surface area (Å²) < 4.78 is 18.3. The molecule has 6 heteroatoms. The van der Waals surface area contributed by atoms with E-state index in [1.54, 1.807) is 13.0 Å². The van der Waals surface area contributed by atoms with Crippen molar-refractivity contribution in [3.05, 3.63) is 46.3 Å². The van der Waals surface area contributed by atoms with Crippen molar-refractivity contribution >= 4 is 11.6 Å². The molecule has 0 spiro atoms. The maximum absolute atomic E-state index is 13.0. The van der Waals surface area contributed by atoms with Gasteiger partial charge in [-0.3, -0.25) is 0 Å². The van der Waals surface area contributed by atoms with Crippen molar-refractivity contribution in [3.8, 4) is 0 Å². The Morgan fingerprint density at radius 1 is 1.33 bits per heavy atom. The molecule has 0 saturated carbocycles. The lowest BCUT2D eigenvalue weighted by molar-refractivity contribution is 0.120. The van der Waals surface area contributed by atoms with Crippen molar-refractivity contribution in [1.82, 2.24) is 10.1 Å². The topological polar surface area (TPSA) is 59.2 Å². The lowest BCUT2D eigenvalue weighted by atomic mass is 9.91. The van der Waals surface area contributed by atoms with Gasteiger partial charge in [-0.25, -0.2) is 4.39 Å². The molecular weight excluding hydrogens is 295 g/mol. The number of aliphatic hydroxyl groups excluding tert-OH is 1. The Morgan fingerprint density at radius 2 is 2.05 bits per heavy atom. The van der Waals surface area contributed by atoms with Gasteiger partial charge in [0.05, 0.1) is 12.0 Å². The number of rotatable bonds is 5. The smallest absolute Gasteiger partial charge is 0.232 e. The second-order valence-electron chi connectivity index (χ2n) is 5.47. The minimum atomic E-state index is -0.576. The van der Waals surface area contributed by atoms with Crippen LogP contribution in [-0.2, 0) is 6.42 Å². The standard InChI is InChI=1S/C15H18ClFN2O2/c1-8(2)14(9(3)20)15-18-13(19-21-15)6-10-4-5-11(17)7-12(10)16/h4-5,7-9,14,20H,6H2,1-3H3. The summed E-state index contributed by atoms with van der Waals surface area (Å²) in [5.74, 6) is 0.451. The van der Waals surface area contributed by atoms with E-state index < -0.39 is 6.10 Å². The van der Waals surface area contributed by atoms with Gasteiger partial charge in [0.25, 0.3) is 0 Å². The van der Waals surface area contributed by atoms with Gasteiger partial charge in [0.2, 0.25) is 5.89 Å². The molecule has 0 amide bonds. The van der Waals surface area contributed by atoms with E-state index in [-0.39, 0.29) is 17.7 Å². The predicted molar refractivity (Wildman–Crippen MR) is 77.8 cm³/mol. The van der Waals surface area contributed by atoms with Gasteiger partial charge in [0, 0.05) is 11.4 Å². The Kier molecular flexibility index (Phi) is 4.96. The quantitative estimate of drug-likeness (QED) is 0.917. The second kappa shape index (κ2) is 6.54. The van der Waals surface area contributed by atoms with Crippen LogP contribution in [0.1, 0.15) is 44.0 Å². The number of aliphatic hydroxyl groups is 1. The van der Waals surface area contributed by atoms with Gasteiger partial charge in [0.15, 0.2) is 5.82 Å². The Labute approximate surface area is 127 Å². The summed E-state index contributed by atoms with van der Waals surface area (Å²) in [6.45, 7) is 5.67. The summed E-state index contributed by atoms with van der Waals surface area (Å²) in [4.78, 5) is 4.32. The minimum Gasteiger partial charge on any atom is -0.393 e. The van der Waals surface area contributed by atoms with E-state index in [4.69, 9.17) is 16.1 Å². The molecule has 114 valence electrons. The fraction of sp³-hybridized carbons (Fsp3) is 0.467. The van der Waals surface area contributed by atoms with Gasteiger partial charge in [-0.2, -0.15) is 4.98 Å². The average Bonchev–Trinajstić information content (AvgIpc) is 2.80. The Morgan fingerprint density at radius 3 is 2.62 bits per heavy atom. The summed E-state index contributed by atoms with van der Waals surface area (Å²) in [6.07, 6.45) is -0.222. The molecule has 21 heavy (non-hydrogen) atoms. The fourth-order valence-electron chi connectivity index (χ4n) is 2.36. The van der Waals surface area contributed by atoms with Crippen LogP contribution >= 0.6 is 11.6 Å². The van der Waals surface area contributed by atoms with Crippen LogP contribution < -0.4 is 0 Å². The highest BCUT2D eigenvalue weighted by molar-refractivity contribution is 6.31. The largest absolute Gasteiger partial charge is 0.393 e. The van der Waals surface area contributed by atoms with Crippen LogP contribution in [0.5, 0.6) is 0 Å². The van der Waals surface area contributed by atoms with Gasteiger partial charge in [-0.1, -0.05) is 36.7 Å². The van der Waals surface area contributed by atoms with Crippen molar-refractivity contribution in [3.63, 3.8) is 0 Å². The third kappa shape index (κ3) is 3.80. The fourth-order valence-corrected chi connectivity index (χ4v) is 2.59. The van der Waals surface area contributed by atoms with Crippen LogP contribution in [0.3, 0.4) is 0 Å². The molecule has 1 heterocycles. The number of hydrogen-bond donors (Lipinski definition) is 1. The molecule has 0 fully saturated rings. The van der Waals surface area contributed by atoms with E-state index in [0.717, 1.165) is 5.56 Å². The van der Waals surface area contributed by atoms with Gasteiger partial charge in [-0.05, 0) is 30.5 Å². The first-order valence-electron chi connectivity index (χ1n) is 6.83. The Hall–Kier alpha value is -1.46.